The lowest BCUT2D eigenvalue weighted by atomic mass is 9.86. The molecule has 1 aromatic rings. The summed E-state index contributed by atoms with van der Waals surface area (Å²) in [5, 5.41) is 8.87. The molecule has 0 bridgehead atoms. The van der Waals surface area contributed by atoms with Gasteiger partial charge in [-0.05, 0) is 62.3 Å². The van der Waals surface area contributed by atoms with Gasteiger partial charge in [0.2, 0.25) is 5.91 Å². The first kappa shape index (κ1) is 20.4. The van der Waals surface area contributed by atoms with Crippen LogP contribution in [-0.2, 0) is 11.2 Å². The second-order valence-electron chi connectivity index (χ2n) is 7.15. The van der Waals surface area contributed by atoms with E-state index in [0.29, 0.717) is 19.4 Å². The smallest absolute Gasteiger partial charge is 0.315 e. The van der Waals surface area contributed by atoms with Crippen molar-refractivity contribution in [1.29, 1.82) is 0 Å². The molecule has 7 heteroatoms. The van der Waals surface area contributed by atoms with Gasteiger partial charge in [-0.15, -0.1) is 12.4 Å². The third-order valence-corrected chi connectivity index (χ3v) is 5.37. The number of amides is 3. The highest BCUT2D eigenvalue weighted by atomic mass is 35.5. The van der Waals surface area contributed by atoms with Crippen LogP contribution >= 0.6 is 12.4 Å². The summed E-state index contributed by atoms with van der Waals surface area (Å²) in [5.74, 6) is -0.0640. The molecule has 0 saturated heterocycles. The zero-order valence-electron chi connectivity index (χ0n) is 15.3. The van der Waals surface area contributed by atoms with Gasteiger partial charge in [-0.25, -0.2) is 4.79 Å². The predicted octanol–water partition coefficient (Wildman–Crippen LogP) is 2.82. The van der Waals surface area contributed by atoms with Gasteiger partial charge in [0.15, 0.2) is 0 Å². The molecule has 0 aliphatic heterocycles. The minimum absolute atomic E-state index is 0. The average molecular weight is 381 g/mol. The summed E-state index contributed by atoms with van der Waals surface area (Å²) in [6.45, 7) is 2.41. The van der Waals surface area contributed by atoms with Crippen molar-refractivity contribution < 1.29 is 9.59 Å². The summed E-state index contributed by atoms with van der Waals surface area (Å²) in [7, 11) is 0. The number of carbonyl (C=O) groups is 2. The highest BCUT2D eigenvalue weighted by molar-refractivity contribution is 5.91. The summed E-state index contributed by atoms with van der Waals surface area (Å²) < 4.78 is 0. The number of nitrogens with two attached hydrogens (primary N) is 1. The first-order chi connectivity index (χ1) is 12.0. The van der Waals surface area contributed by atoms with Crippen LogP contribution in [0.4, 0.5) is 10.5 Å². The molecule has 26 heavy (non-hydrogen) atoms. The highest BCUT2D eigenvalue weighted by Gasteiger charge is 2.43. The van der Waals surface area contributed by atoms with Gasteiger partial charge in [0.05, 0.1) is 6.04 Å². The van der Waals surface area contributed by atoms with E-state index < -0.39 is 5.54 Å². The van der Waals surface area contributed by atoms with Gasteiger partial charge in [-0.2, -0.15) is 0 Å². The number of aryl methyl sites for hydroxylation is 1. The van der Waals surface area contributed by atoms with Crippen molar-refractivity contribution in [2.24, 2.45) is 0 Å². The lowest BCUT2D eigenvalue weighted by Gasteiger charge is -2.33. The Morgan fingerprint density at radius 1 is 1.23 bits per heavy atom. The molecule has 2 aliphatic carbocycles. The molecule has 0 aromatic heterocycles. The van der Waals surface area contributed by atoms with Crippen LogP contribution in [0.3, 0.4) is 0 Å². The molecule has 6 nitrogen and oxygen atoms in total. The monoisotopic (exact) mass is 380 g/mol. The molecule has 1 saturated carbocycles. The SMILES string of the molecule is CCNC(=O)NC1(C(=O)NC2CCCc3cc(N)ccc32)CCCC1.Cl. The second kappa shape index (κ2) is 8.62. The molecule has 0 radical (unpaired) electrons. The molecule has 3 rings (SSSR count). The molecule has 5 N–H and O–H groups in total. The lowest BCUT2D eigenvalue weighted by Crippen LogP contribution is -2.59. The number of urea groups is 1. The molecule has 1 fully saturated rings. The standard InChI is InChI=1S/C19H28N4O2.ClH/c1-2-21-18(25)23-19(10-3-4-11-19)17(24)22-16-7-5-6-13-12-14(20)8-9-15(13)16;/h8-9,12,16H,2-7,10-11,20H2,1H3,(H,22,24)(H2,21,23,25);1H. The summed E-state index contributed by atoms with van der Waals surface area (Å²) in [5.41, 5.74) is 8.23. The van der Waals surface area contributed by atoms with Gasteiger partial charge in [-0.3, -0.25) is 4.79 Å². The number of anilines is 1. The number of benzene rings is 1. The van der Waals surface area contributed by atoms with Crippen LogP contribution in [0.15, 0.2) is 18.2 Å². The normalized spacial score (nSPS) is 20.4. The Kier molecular flexibility index (Phi) is 6.75. The topological polar surface area (TPSA) is 96.2 Å². The first-order valence-electron chi connectivity index (χ1n) is 9.29. The molecule has 0 spiro atoms. The Labute approximate surface area is 161 Å². The molecule has 3 amide bonds. The average Bonchev–Trinajstić information content (AvgIpc) is 3.04. The van der Waals surface area contributed by atoms with E-state index in [1.807, 2.05) is 25.1 Å². The number of rotatable bonds is 4. The highest BCUT2D eigenvalue weighted by Crippen LogP contribution is 2.34. The van der Waals surface area contributed by atoms with Gasteiger partial charge < -0.3 is 21.7 Å². The van der Waals surface area contributed by atoms with E-state index in [-0.39, 0.29) is 30.4 Å². The van der Waals surface area contributed by atoms with Crippen molar-refractivity contribution in [3.63, 3.8) is 0 Å². The van der Waals surface area contributed by atoms with Crippen LogP contribution in [0.2, 0.25) is 0 Å². The summed E-state index contributed by atoms with van der Waals surface area (Å²) in [6.07, 6.45) is 6.23. The van der Waals surface area contributed by atoms with Gasteiger partial charge in [0.1, 0.15) is 5.54 Å². The van der Waals surface area contributed by atoms with Crippen molar-refractivity contribution in [3.8, 4) is 0 Å². The molecule has 1 unspecified atom stereocenters. The number of fused-ring (bicyclic) bond motifs is 1. The van der Waals surface area contributed by atoms with E-state index in [1.54, 1.807) is 0 Å². The molecule has 1 aromatic carbocycles. The summed E-state index contributed by atoms with van der Waals surface area (Å²) in [6, 6.07) is 5.64. The van der Waals surface area contributed by atoms with Gasteiger partial charge in [-0.1, -0.05) is 18.9 Å². The third-order valence-electron chi connectivity index (χ3n) is 5.37. The maximum atomic E-state index is 13.1. The minimum atomic E-state index is -0.787. The zero-order valence-corrected chi connectivity index (χ0v) is 16.1. The van der Waals surface area contributed by atoms with Crippen LogP contribution < -0.4 is 21.7 Å². The zero-order chi connectivity index (χ0) is 17.9. The Morgan fingerprint density at radius 2 is 1.96 bits per heavy atom. The molecule has 144 valence electrons. The number of halogens is 1. The largest absolute Gasteiger partial charge is 0.399 e. The van der Waals surface area contributed by atoms with E-state index >= 15 is 0 Å². The number of carbonyl (C=O) groups excluding carboxylic acids is 2. The Bertz CT molecular complexity index is 659. The fourth-order valence-corrected chi connectivity index (χ4v) is 4.09. The summed E-state index contributed by atoms with van der Waals surface area (Å²) >= 11 is 0. The number of hydrogen-bond acceptors (Lipinski definition) is 3. The molecule has 1 atom stereocenters. The Hall–Kier alpha value is -1.95. The Balaban J connectivity index is 0.00000243. The van der Waals surface area contributed by atoms with Crippen LogP contribution in [0, 0.1) is 0 Å². The minimum Gasteiger partial charge on any atom is -0.399 e. The van der Waals surface area contributed by atoms with Crippen molar-refractivity contribution in [2.75, 3.05) is 12.3 Å². The predicted molar refractivity (Wildman–Crippen MR) is 105 cm³/mol. The fourth-order valence-electron chi connectivity index (χ4n) is 4.09. The Morgan fingerprint density at radius 3 is 2.65 bits per heavy atom. The van der Waals surface area contributed by atoms with Crippen molar-refractivity contribution in [1.82, 2.24) is 16.0 Å². The van der Waals surface area contributed by atoms with Gasteiger partial charge in [0, 0.05) is 12.2 Å². The second-order valence-corrected chi connectivity index (χ2v) is 7.15. The maximum absolute atomic E-state index is 13.1. The van der Waals surface area contributed by atoms with E-state index in [0.717, 1.165) is 43.4 Å². The van der Waals surface area contributed by atoms with E-state index in [9.17, 15) is 9.59 Å². The van der Waals surface area contributed by atoms with E-state index in [2.05, 4.69) is 16.0 Å². The third kappa shape index (κ3) is 4.23. The molecular weight excluding hydrogens is 352 g/mol. The quantitative estimate of drug-likeness (QED) is 0.605. The lowest BCUT2D eigenvalue weighted by molar-refractivity contribution is -0.128. The van der Waals surface area contributed by atoms with Crippen LogP contribution in [0.1, 0.15) is 62.6 Å². The van der Waals surface area contributed by atoms with Crippen LogP contribution in [0.5, 0.6) is 0 Å². The molecule has 0 heterocycles. The first-order valence-corrected chi connectivity index (χ1v) is 9.29. The number of nitrogens with one attached hydrogen (secondary N) is 3. The molecule has 2 aliphatic rings. The fraction of sp³-hybridized carbons (Fsp3) is 0.579. The van der Waals surface area contributed by atoms with Crippen molar-refractivity contribution in [3.05, 3.63) is 29.3 Å². The van der Waals surface area contributed by atoms with E-state index in [1.165, 1.54) is 5.56 Å². The van der Waals surface area contributed by atoms with Crippen LogP contribution in [-0.4, -0.2) is 24.0 Å². The van der Waals surface area contributed by atoms with Crippen molar-refractivity contribution in [2.45, 2.75) is 63.5 Å². The van der Waals surface area contributed by atoms with Gasteiger partial charge in [0.25, 0.3) is 0 Å². The van der Waals surface area contributed by atoms with Crippen LogP contribution in [0.25, 0.3) is 0 Å². The van der Waals surface area contributed by atoms with E-state index in [4.69, 9.17) is 5.73 Å². The number of hydrogen-bond donors (Lipinski definition) is 4. The molecular formula is C19H29ClN4O2. The summed E-state index contributed by atoms with van der Waals surface area (Å²) in [4.78, 5) is 25.1. The van der Waals surface area contributed by atoms with Crippen molar-refractivity contribution >= 4 is 30.0 Å². The maximum Gasteiger partial charge on any atom is 0.315 e. The number of nitrogen functional groups attached to an aromatic ring is 1. The van der Waals surface area contributed by atoms with Gasteiger partial charge >= 0.3 is 6.03 Å².